The van der Waals surface area contributed by atoms with Gasteiger partial charge in [0.15, 0.2) is 0 Å². The second-order valence-corrected chi connectivity index (χ2v) is 5.19. The Morgan fingerprint density at radius 1 is 1.48 bits per heavy atom. The van der Waals surface area contributed by atoms with Gasteiger partial charge in [-0.25, -0.2) is 4.79 Å². The number of hydrogen-bond acceptors (Lipinski definition) is 3. The smallest absolute Gasteiger partial charge is 0.322 e. The van der Waals surface area contributed by atoms with Gasteiger partial charge in [0.05, 0.1) is 12.5 Å². The summed E-state index contributed by atoms with van der Waals surface area (Å²) in [5.74, 6) is -0.948. The molecule has 1 aromatic carbocycles. The Bertz CT molecular complexity index is 532. The molecule has 0 aliphatic carbocycles. The van der Waals surface area contributed by atoms with E-state index in [9.17, 15) is 9.59 Å². The molecule has 0 bridgehead atoms. The van der Waals surface area contributed by atoms with E-state index in [0.717, 1.165) is 17.7 Å². The molecular weight excluding hydrogens is 272 g/mol. The number of aliphatic carboxylic acids is 1. The quantitative estimate of drug-likeness (QED) is 0.864. The minimum atomic E-state index is -0.948. The van der Waals surface area contributed by atoms with Crippen LogP contribution in [0, 0.1) is 0 Å². The Labute approximate surface area is 123 Å². The first-order valence-electron chi connectivity index (χ1n) is 6.92. The van der Waals surface area contributed by atoms with E-state index in [1.165, 1.54) is 7.11 Å². The lowest BCUT2D eigenvalue weighted by Gasteiger charge is -2.24. The van der Waals surface area contributed by atoms with E-state index in [4.69, 9.17) is 9.84 Å². The molecule has 0 radical (unpaired) electrons. The van der Waals surface area contributed by atoms with Gasteiger partial charge in [0.1, 0.15) is 0 Å². The molecule has 2 N–H and O–H groups in total. The zero-order chi connectivity index (χ0) is 15.4. The van der Waals surface area contributed by atoms with Crippen LogP contribution in [0.25, 0.3) is 0 Å². The number of para-hydroxylation sites is 1. The van der Waals surface area contributed by atoms with Gasteiger partial charge in [0.2, 0.25) is 0 Å². The predicted molar refractivity (Wildman–Crippen MR) is 78.5 cm³/mol. The zero-order valence-corrected chi connectivity index (χ0v) is 12.2. The summed E-state index contributed by atoms with van der Waals surface area (Å²) < 4.78 is 5.06. The van der Waals surface area contributed by atoms with Crippen LogP contribution >= 0.6 is 0 Å². The minimum Gasteiger partial charge on any atom is -0.481 e. The van der Waals surface area contributed by atoms with Crippen molar-refractivity contribution >= 4 is 17.7 Å². The van der Waals surface area contributed by atoms with Gasteiger partial charge in [-0.2, -0.15) is 0 Å². The number of carbonyl (C=O) groups excluding carboxylic acids is 1. The van der Waals surface area contributed by atoms with E-state index in [-0.39, 0.29) is 25.0 Å². The molecule has 0 fully saturated rings. The molecule has 6 heteroatoms. The maximum Gasteiger partial charge on any atom is 0.322 e. The second-order valence-electron chi connectivity index (χ2n) is 5.19. The fraction of sp³-hybridized carbons (Fsp3) is 0.467. The fourth-order valence-corrected chi connectivity index (χ4v) is 2.59. The van der Waals surface area contributed by atoms with Gasteiger partial charge < -0.3 is 15.2 Å². The van der Waals surface area contributed by atoms with Gasteiger partial charge in [-0.3, -0.25) is 9.69 Å². The van der Waals surface area contributed by atoms with Gasteiger partial charge in [-0.1, -0.05) is 18.2 Å². The molecule has 1 aromatic rings. The summed E-state index contributed by atoms with van der Waals surface area (Å²) in [5, 5.41) is 11.5. The number of methoxy groups -OCH3 is 1. The van der Waals surface area contributed by atoms with Crippen LogP contribution in [0.2, 0.25) is 0 Å². The highest BCUT2D eigenvalue weighted by atomic mass is 16.5. The number of ether oxygens (including phenoxy) is 1. The maximum atomic E-state index is 12.3. The summed E-state index contributed by atoms with van der Waals surface area (Å²) in [4.78, 5) is 24.7. The Morgan fingerprint density at radius 3 is 2.86 bits per heavy atom. The molecule has 2 unspecified atom stereocenters. The number of nitrogens with zero attached hydrogens (tertiary/aromatic N) is 1. The Balaban J connectivity index is 1.99. The number of carboxylic acid groups (broad SMARTS) is 1. The Kier molecular flexibility index (Phi) is 4.80. The van der Waals surface area contributed by atoms with Gasteiger partial charge in [-0.05, 0) is 25.0 Å². The molecule has 0 spiro atoms. The summed E-state index contributed by atoms with van der Waals surface area (Å²) >= 11 is 0. The summed E-state index contributed by atoms with van der Waals surface area (Å²) in [6.07, 6.45) is 0.162. The highest BCUT2D eigenvalue weighted by Gasteiger charge is 2.30. The number of nitrogens with one attached hydrogen (secondary N) is 1. The average Bonchev–Trinajstić information content (AvgIpc) is 2.78. The number of urea groups is 1. The molecule has 0 saturated carbocycles. The molecule has 1 aliphatic rings. The van der Waals surface area contributed by atoms with Crippen LogP contribution in [0.5, 0.6) is 0 Å². The highest BCUT2D eigenvalue weighted by molar-refractivity contribution is 5.94. The molecule has 6 nitrogen and oxygen atoms in total. The number of carboxylic acids is 1. The summed E-state index contributed by atoms with van der Waals surface area (Å²) in [6, 6.07) is 7.66. The molecular formula is C15H20N2O4. The third-order valence-corrected chi connectivity index (χ3v) is 3.64. The molecule has 1 heterocycles. The monoisotopic (exact) mass is 292 g/mol. The van der Waals surface area contributed by atoms with Crippen LogP contribution < -0.4 is 10.2 Å². The van der Waals surface area contributed by atoms with Crippen molar-refractivity contribution in [3.05, 3.63) is 29.8 Å². The molecule has 0 aromatic heterocycles. The third kappa shape index (κ3) is 3.52. The number of benzene rings is 1. The summed E-state index contributed by atoms with van der Waals surface area (Å²) in [7, 11) is 1.44. The van der Waals surface area contributed by atoms with Crippen LogP contribution in [0.3, 0.4) is 0 Å². The van der Waals surface area contributed by atoms with Crippen molar-refractivity contribution in [3.63, 3.8) is 0 Å². The van der Waals surface area contributed by atoms with Crippen molar-refractivity contribution in [2.24, 2.45) is 0 Å². The zero-order valence-electron chi connectivity index (χ0n) is 12.2. The number of rotatable bonds is 5. The first-order valence-corrected chi connectivity index (χ1v) is 6.92. The first kappa shape index (κ1) is 15.3. The van der Waals surface area contributed by atoms with Gasteiger partial charge >= 0.3 is 12.0 Å². The van der Waals surface area contributed by atoms with E-state index in [0.29, 0.717) is 0 Å². The van der Waals surface area contributed by atoms with Crippen LogP contribution in [0.15, 0.2) is 24.3 Å². The lowest BCUT2D eigenvalue weighted by molar-refractivity contribution is -0.139. The summed E-state index contributed by atoms with van der Waals surface area (Å²) in [5.41, 5.74) is 2.06. The van der Waals surface area contributed by atoms with Crippen molar-refractivity contribution < 1.29 is 19.4 Å². The highest BCUT2D eigenvalue weighted by Crippen LogP contribution is 2.31. The predicted octanol–water partition coefficient (Wildman–Crippen LogP) is 1.64. The first-order chi connectivity index (χ1) is 10.0. The number of fused-ring (bicyclic) bond motifs is 1. The summed E-state index contributed by atoms with van der Waals surface area (Å²) in [6.45, 7) is 2.16. The van der Waals surface area contributed by atoms with Crippen LogP contribution in [-0.2, 0) is 16.0 Å². The van der Waals surface area contributed by atoms with E-state index in [2.05, 4.69) is 5.32 Å². The fourth-order valence-electron chi connectivity index (χ4n) is 2.59. The lowest BCUT2D eigenvalue weighted by atomic mass is 10.1. The molecule has 21 heavy (non-hydrogen) atoms. The largest absolute Gasteiger partial charge is 0.481 e. The van der Waals surface area contributed by atoms with Gasteiger partial charge in [0.25, 0.3) is 0 Å². The number of carbonyl (C=O) groups is 2. The van der Waals surface area contributed by atoms with Crippen molar-refractivity contribution in [2.45, 2.75) is 31.9 Å². The normalized spacial score (nSPS) is 18.2. The maximum absolute atomic E-state index is 12.3. The van der Waals surface area contributed by atoms with E-state index >= 15 is 0 Å². The molecule has 2 atom stereocenters. The van der Waals surface area contributed by atoms with Gasteiger partial charge in [-0.15, -0.1) is 0 Å². The Hall–Kier alpha value is -2.08. The molecule has 0 saturated heterocycles. The van der Waals surface area contributed by atoms with E-state index < -0.39 is 12.1 Å². The average molecular weight is 292 g/mol. The molecule has 2 amide bonds. The number of anilines is 1. The Morgan fingerprint density at radius 2 is 2.19 bits per heavy atom. The third-order valence-electron chi connectivity index (χ3n) is 3.64. The topological polar surface area (TPSA) is 78.9 Å². The van der Waals surface area contributed by atoms with Crippen molar-refractivity contribution in [3.8, 4) is 0 Å². The minimum absolute atomic E-state index is 0.0860. The lowest BCUT2D eigenvalue weighted by Crippen LogP contribution is -2.46. The number of hydrogen-bond donors (Lipinski definition) is 2. The van der Waals surface area contributed by atoms with Crippen molar-refractivity contribution in [1.29, 1.82) is 0 Å². The molecule has 1 aliphatic heterocycles. The SMILES string of the molecule is COC(CNC(=O)N1c2ccccc2CC1C)CC(=O)O. The molecule has 114 valence electrons. The van der Waals surface area contributed by atoms with Crippen LogP contribution in [-0.4, -0.2) is 42.9 Å². The second kappa shape index (κ2) is 6.58. The van der Waals surface area contributed by atoms with E-state index in [1.807, 2.05) is 31.2 Å². The van der Waals surface area contributed by atoms with E-state index in [1.54, 1.807) is 4.90 Å². The van der Waals surface area contributed by atoms with Crippen molar-refractivity contribution in [2.75, 3.05) is 18.6 Å². The van der Waals surface area contributed by atoms with Crippen molar-refractivity contribution in [1.82, 2.24) is 5.32 Å². The van der Waals surface area contributed by atoms with Gasteiger partial charge in [0, 0.05) is 25.4 Å². The standard InChI is InChI=1S/C15H20N2O4/c1-10-7-11-5-3-4-6-13(11)17(10)15(20)16-9-12(21-2)8-14(18)19/h3-6,10,12H,7-9H2,1-2H3,(H,16,20)(H,18,19). The van der Waals surface area contributed by atoms with Crippen LogP contribution in [0.1, 0.15) is 18.9 Å². The number of amides is 2. The molecule has 2 rings (SSSR count). The van der Waals surface area contributed by atoms with Crippen LogP contribution in [0.4, 0.5) is 10.5 Å².